The van der Waals surface area contributed by atoms with Gasteiger partial charge in [-0.3, -0.25) is 9.97 Å². The molecule has 2 heteroatoms. The van der Waals surface area contributed by atoms with Gasteiger partial charge in [0.25, 0.3) is 0 Å². The Morgan fingerprint density at radius 1 is 0.408 bits per heavy atom. The van der Waals surface area contributed by atoms with Crippen molar-refractivity contribution >= 4 is 32.6 Å². The lowest BCUT2D eigenvalue weighted by atomic mass is 9.81. The Bertz CT molecular complexity index is 2730. The van der Waals surface area contributed by atoms with E-state index in [1.807, 2.05) is 6.20 Å². The zero-order chi connectivity index (χ0) is 33.2. The molecule has 0 amide bonds. The molecule has 0 aliphatic heterocycles. The number of nitrogens with zero attached hydrogens (tertiary/aromatic N) is 2. The number of aromatic nitrogens is 2. The standard InChI is InChI=1S/C47H36N2/c1-27-16-19-35-37(29-18-21-33-31-12-7-9-15-41(31)47(4,5)43(33)24-29)25-38-39(45(35)49-27)26-36(34-13-10-22-48-44(34)38)28-17-20-32-30-11-6-8-14-40(30)46(2,3)42(32)23-28/h6-26H,1-5H3. The molecule has 234 valence electrons. The molecule has 0 atom stereocenters. The van der Waals surface area contributed by atoms with Gasteiger partial charge in [-0.15, -0.1) is 0 Å². The van der Waals surface area contributed by atoms with Crippen molar-refractivity contribution in [2.24, 2.45) is 0 Å². The summed E-state index contributed by atoms with van der Waals surface area (Å²) in [6.45, 7) is 11.5. The van der Waals surface area contributed by atoms with Gasteiger partial charge in [-0.25, -0.2) is 0 Å². The maximum absolute atomic E-state index is 5.25. The Morgan fingerprint density at radius 2 is 0.918 bits per heavy atom. The molecule has 0 spiro atoms. The van der Waals surface area contributed by atoms with E-state index in [4.69, 9.17) is 9.97 Å². The zero-order valence-corrected chi connectivity index (χ0v) is 28.5. The van der Waals surface area contributed by atoms with Gasteiger partial charge in [0.15, 0.2) is 0 Å². The topological polar surface area (TPSA) is 25.8 Å². The predicted octanol–water partition coefficient (Wildman–Crippen LogP) is 12.2. The van der Waals surface area contributed by atoms with Crippen LogP contribution in [0.4, 0.5) is 0 Å². The largest absolute Gasteiger partial charge is 0.256 e. The number of hydrogen-bond acceptors (Lipinski definition) is 2. The summed E-state index contributed by atoms with van der Waals surface area (Å²) in [5.41, 5.74) is 18.6. The lowest BCUT2D eigenvalue weighted by Crippen LogP contribution is -2.14. The highest BCUT2D eigenvalue weighted by Crippen LogP contribution is 2.52. The van der Waals surface area contributed by atoms with Gasteiger partial charge in [0.2, 0.25) is 0 Å². The van der Waals surface area contributed by atoms with Crippen LogP contribution in [-0.2, 0) is 10.8 Å². The first kappa shape index (κ1) is 28.4. The van der Waals surface area contributed by atoms with E-state index in [9.17, 15) is 0 Å². The summed E-state index contributed by atoms with van der Waals surface area (Å²) >= 11 is 0. The van der Waals surface area contributed by atoms with E-state index in [0.717, 1.165) is 38.3 Å². The molecule has 0 saturated heterocycles. The normalized spacial score (nSPS) is 15.0. The minimum Gasteiger partial charge on any atom is -0.256 e. The van der Waals surface area contributed by atoms with Gasteiger partial charge in [-0.05, 0) is 110 Å². The van der Waals surface area contributed by atoms with Crippen molar-refractivity contribution in [3.63, 3.8) is 0 Å². The first-order chi connectivity index (χ1) is 23.7. The van der Waals surface area contributed by atoms with E-state index >= 15 is 0 Å². The Kier molecular flexibility index (Phi) is 5.65. The molecule has 0 saturated carbocycles. The van der Waals surface area contributed by atoms with Gasteiger partial charge in [0.05, 0.1) is 11.0 Å². The number of aryl methyl sites for hydroxylation is 1. The maximum Gasteiger partial charge on any atom is 0.0790 e. The molecule has 0 radical (unpaired) electrons. The van der Waals surface area contributed by atoms with Crippen molar-refractivity contribution in [2.75, 3.05) is 0 Å². The lowest BCUT2D eigenvalue weighted by molar-refractivity contribution is 0.660. The second-order valence-corrected chi connectivity index (χ2v) is 15.1. The number of benzene rings is 6. The molecule has 10 rings (SSSR count). The highest BCUT2D eigenvalue weighted by Gasteiger charge is 2.36. The van der Waals surface area contributed by atoms with Gasteiger partial charge in [-0.2, -0.15) is 0 Å². The van der Waals surface area contributed by atoms with Crippen molar-refractivity contribution in [3.8, 4) is 44.5 Å². The second kappa shape index (κ2) is 9.74. The van der Waals surface area contributed by atoms with Crippen LogP contribution in [0.15, 0.2) is 128 Å². The molecular weight excluding hydrogens is 593 g/mol. The van der Waals surface area contributed by atoms with Crippen LogP contribution in [0.1, 0.15) is 55.6 Å². The third-order valence-electron chi connectivity index (χ3n) is 11.6. The Balaban J connectivity index is 1.23. The number of rotatable bonds is 2. The highest BCUT2D eigenvalue weighted by molar-refractivity contribution is 6.22. The summed E-state index contributed by atoms with van der Waals surface area (Å²) in [6.07, 6.45) is 1.93. The van der Waals surface area contributed by atoms with Crippen LogP contribution in [0.5, 0.6) is 0 Å². The Hall–Kier alpha value is -5.60. The Morgan fingerprint density at radius 3 is 1.51 bits per heavy atom. The summed E-state index contributed by atoms with van der Waals surface area (Å²) in [4.78, 5) is 10.3. The summed E-state index contributed by atoms with van der Waals surface area (Å²) in [5.74, 6) is 0. The minimum absolute atomic E-state index is 0.0705. The predicted molar refractivity (Wildman–Crippen MR) is 205 cm³/mol. The van der Waals surface area contributed by atoms with Crippen LogP contribution in [0, 0.1) is 6.92 Å². The third-order valence-corrected chi connectivity index (χ3v) is 11.6. The number of fused-ring (bicyclic) bond motifs is 11. The summed E-state index contributed by atoms with van der Waals surface area (Å²) in [5, 5.41) is 4.60. The van der Waals surface area contributed by atoms with Crippen molar-refractivity contribution in [3.05, 3.63) is 155 Å². The summed E-state index contributed by atoms with van der Waals surface area (Å²) in [7, 11) is 0. The average Bonchev–Trinajstić information content (AvgIpc) is 3.50. The zero-order valence-electron chi connectivity index (χ0n) is 28.5. The van der Waals surface area contributed by atoms with Crippen molar-refractivity contribution in [2.45, 2.75) is 45.4 Å². The first-order valence-electron chi connectivity index (χ1n) is 17.3. The van der Waals surface area contributed by atoms with Crippen molar-refractivity contribution < 1.29 is 0 Å². The molecule has 2 aromatic heterocycles. The fourth-order valence-electron chi connectivity index (χ4n) is 9.03. The van der Waals surface area contributed by atoms with Gasteiger partial charge in [0, 0.05) is 44.3 Å². The molecule has 2 nitrogen and oxygen atoms in total. The van der Waals surface area contributed by atoms with Gasteiger partial charge in [-0.1, -0.05) is 113 Å². The van der Waals surface area contributed by atoms with Crippen molar-refractivity contribution in [1.82, 2.24) is 9.97 Å². The van der Waals surface area contributed by atoms with E-state index in [0.29, 0.717) is 0 Å². The first-order valence-corrected chi connectivity index (χ1v) is 17.3. The van der Waals surface area contributed by atoms with Crippen LogP contribution in [-0.4, -0.2) is 9.97 Å². The third kappa shape index (κ3) is 3.83. The van der Waals surface area contributed by atoms with Crippen LogP contribution in [0.25, 0.3) is 77.1 Å². The molecule has 0 fully saturated rings. The molecule has 6 aromatic carbocycles. The lowest BCUT2D eigenvalue weighted by Gasteiger charge is -2.23. The highest BCUT2D eigenvalue weighted by atomic mass is 14.7. The van der Waals surface area contributed by atoms with Gasteiger partial charge < -0.3 is 0 Å². The molecule has 2 heterocycles. The maximum atomic E-state index is 5.25. The van der Waals surface area contributed by atoms with Crippen molar-refractivity contribution in [1.29, 1.82) is 0 Å². The Labute approximate surface area is 287 Å². The van der Waals surface area contributed by atoms with E-state index in [-0.39, 0.29) is 10.8 Å². The van der Waals surface area contributed by atoms with Gasteiger partial charge in [0.1, 0.15) is 0 Å². The fourth-order valence-corrected chi connectivity index (χ4v) is 9.03. The minimum atomic E-state index is -0.0711. The molecule has 8 aromatic rings. The number of hydrogen-bond donors (Lipinski definition) is 0. The smallest absolute Gasteiger partial charge is 0.0790 e. The molecule has 0 unspecified atom stereocenters. The second-order valence-electron chi connectivity index (χ2n) is 15.1. The van der Waals surface area contributed by atoms with Crippen LogP contribution in [0.2, 0.25) is 0 Å². The molecule has 49 heavy (non-hydrogen) atoms. The monoisotopic (exact) mass is 628 g/mol. The molecule has 0 N–H and O–H groups in total. The molecule has 2 aliphatic carbocycles. The molecular formula is C47H36N2. The molecule has 0 bridgehead atoms. The van der Waals surface area contributed by atoms with Gasteiger partial charge >= 0.3 is 0 Å². The average molecular weight is 629 g/mol. The van der Waals surface area contributed by atoms with E-state index in [2.05, 4.69) is 156 Å². The quantitative estimate of drug-likeness (QED) is 0.178. The molecule has 2 aliphatic rings. The van der Waals surface area contributed by atoms with Crippen LogP contribution < -0.4 is 0 Å². The van der Waals surface area contributed by atoms with Crippen LogP contribution in [0.3, 0.4) is 0 Å². The van der Waals surface area contributed by atoms with Crippen LogP contribution >= 0.6 is 0 Å². The summed E-state index contributed by atoms with van der Waals surface area (Å²) in [6, 6.07) is 45.2. The SMILES string of the molecule is Cc1ccc2c(-c3ccc4c(c3)C(C)(C)c3ccccc3-4)cc3c(cc(-c4ccc5c(c4)C(C)(C)c4ccccc4-5)c4cccnc43)c2n1. The number of pyridine rings is 2. The summed E-state index contributed by atoms with van der Waals surface area (Å²) < 4.78 is 0. The van der Waals surface area contributed by atoms with E-state index < -0.39 is 0 Å². The van der Waals surface area contributed by atoms with E-state index in [1.165, 1.54) is 66.8 Å². The fraction of sp³-hybridized carbons (Fsp3) is 0.149. The van der Waals surface area contributed by atoms with E-state index in [1.54, 1.807) is 0 Å².